The number of hydrogen-bond acceptors (Lipinski definition) is 6. The molecule has 30 heavy (non-hydrogen) atoms. The van der Waals surface area contributed by atoms with Gasteiger partial charge in [0.15, 0.2) is 5.65 Å². The molecule has 2 aromatic heterocycles. The van der Waals surface area contributed by atoms with Crippen molar-refractivity contribution < 1.29 is 22.3 Å². The summed E-state index contributed by atoms with van der Waals surface area (Å²) in [7, 11) is -4.41. The molecule has 0 bridgehead atoms. The van der Waals surface area contributed by atoms with Gasteiger partial charge in [-0.3, -0.25) is 10.0 Å². The van der Waals surface area contributed by atoms with Crippen LogP contribution in [0.3, 0.4) is 0 Å². The van der Waals surface area contributed by atoms with Crippen molar-refractivity contribution in [1.29, 1.82) is 0 Å². The number of halogens is 2. The third-order valence-corrected chi connectivity index (χ3v) is 6.48. The van der Waals surface area contributed by atoms with Crippen LogP contribution in [0.5, 0.6) is 0 Å². The molecule has 11 heteroatoms. The fourth-order valence-corrected chi connectivity index (χ4v) is 4.69. The predicted octanol–water partition coefficient (Wildman–Crippen LogP) is 2.72. The van der Waals surface area contributed by atoms with Gasteiger partial charge in [0.2, 0.25) is 0 Å². The van der Waals surface area contributed by atoms with Crippen LogP contribution in [0.1, 0.15) is 43.9 Å². The van der Waals surface area contributed by atoms with Gasteiger partial charge < -0.3 is 5.11 Å². The highest BCUT2D eigenvalue weighted by Gasteiger charge is 2.23. The van der Waals surface area contributed by atoms with Crippen LogP contribution in [-0.4, -0.2) is 34.2 Å². The number of sulfonamides is 1. The standard InChI is InChI=1S/C19H21F2N5O3S/c20-12-6-7-15(21)16(10-12)30(28,29)25-17-8-9-26-18(24-17)14(11-22-26)19(27)23-13-4-2-1-3-5-13/h6-11,13,19,23,27H,1-5H2,(H,24,25). The summed E-state index contributed by atoms with van der Waals surface area (Å²) < 4.78 is 55.8. The first-order chi connectivity index (χ1) is 14.3. The zero-order chi connectivity index (χ0) is 21.3. The van der Waals surface area contributed by atoms with Crippen molar-refractivity contribution in [2.75, 3.05) is 4.72 Å². The van der Waals surface area contributed by atoms with Gasteiger partial charge in [0.25, 0.3) is 10.0 Å². The third kappa shape index (κ3) is 4.27. The molecule has 0 saturated heterocycles. The zero-order valence-corrected chi connectivity index (χ0v) is 16.7. The van der Waals surface area contributed by atoms with Crippen molar-refractivity contribution in [3.8, 4) is 0 Å². The Balaban J connectivity index is 1.60. The molecule has 0 radical (unpaired) electrons. The Bertz CT molecular complexity index is 1160. The highest BCUT2D eigenvalue weighted by atomic mass is 32.2. The van der Waals surface area contributed by atoms with E-state index in [0.29, 0.717) is 11.6 Å². The van der Waals surface area contributed by atoms with E-state index in [9.17, 15) is 22.3 Å². The van der Waals surface area contributed by atoms with E-state index < -0.39 is 32.8 Å². The third-order valence-electron chi connectivity index (χ3n) is 5.11. The first kappa shape index (κ1) is 20.6. The fraction of sp³-hybridized carbons (Fsp3) is 0.368. The summed E-state index contributed by atoms with van der Waals surface area (Å²) in [6.45, 7) is 0. The highest BCUT2D eigenvalue weighted by molar-refractivity contribution is 7.92. The number of aliphatic hydroxyl groups excluding tert-OH is 1. The quantitative estimate of drug-likeness (QED) is 0.512. The van der Waals surface area contributed by atoms with Gasteiger partial charge in [-0.05, 0) is 37.1 Å². The topological polar surface area (TPSA) is 109 Å². The maximum absolute atomic E-state index is 13.9. The fourth-order valence-electron chi connectivity index (χ4n) is 3.59. The molecular weight excluding hydrogens is 416 g/mol. The summed E-state index contributed by atoms with van der Waals surface area (Å²) in [5, 5.41) is 17.9. The Kier molecular flexibility index (Phi) is 5.67. The SMILES string of the molecule is O=S(=O)(Nc1ccn2ncc(C(O)NC3CCCCC3)c2n1)c1cc(F)ccc1F. The lowest BCUT2D eigenvalue weighted by atomic mass is 9.95. The second kappa shape index (κ2) is 8.25. The first-order valence-corrected chi connectivity index (χ1v) is 11.1. The zero-order valence-electron chi connectivity index (χ0n) is 15.9. The maximum Gasteiger partial charge on any atom is 0.266 e. The number of benzene rings is 1. The first-order valence-electron chi connectivity index (χ1n) is 9.60. The van der Waals surface area contributed by atoms with Crippen molar-refractivity contribution in [2.24, 2.45) is 0 Å². The molecule has 1 saturated carbocycles. The van der Waals surface area contributed by atoms with Gasteiger partial charge in [0.1, 0.15) is 28.6 Å². The number of aliphatic hydroxyl groups is 1. The minimum atomic E-state index is -4.41. The van der Waals surface area contributed by atoms with Gasteiger partial charge in [-0.2, -0.15) is 5.10 Å². The lowest BCUT2D eigenvalue weighted by molar-refractivity contribution is 0.115. The van der Waals surface area contributed by atoms with Crippen molar-refractivity contribution in [3.63, 3.8) is 0 Å². The van der Waals surface area contributed by atoms with Gasteiger partial charge >= 0.3 is 0 Å². The van der Waals surface area contributed by atoms with Crippen LogP contribution in [0.15, 0.2) is 41.6 Å². The normalized spacial score (nSPS) is 16.6. The number of hydrogen-bond donors (Lipinski definition) is 3. The van der Waals surface area contributed by atoms with Crippen LogP contribution in [0.25, 0.3) is 5.65 Å². The Hall–Kier alpha value is -2.63. The van der Waals surface area contributed by atoms with Gasteiger partial charge in [0, 0.05) is 12.2 Å². The molecule has 0 aliphatic heterocycles. The second-order valence-electron chi connectivity index (χ2n) is 7.27. The van der Waals surface area contributed by atoms with Crippen molar-refractivity contribution >= 4 is 21.5 Å². The van der Waals surface area contributed by atoms with Crippen LogP contribution in [0.4, 0.5) is 14.6 Å². The lowest BCUT2D eigenvalue weighted by Gasteiger charge is -2.25. The van der Waals surface area contributed by atoms with Gasteiger partial charge in [-0.25, -0.2) is 26.7 Å². The van der Waals surface area contributed by atoms with Crippen LogP contribution in [0, 0.1) is 11.6 Å². The van der Waals surface area contributed by atoms with E-state index in [0.717, 1.165) is 37.8 Å². The van der Waals surface area contributed by atoms with Gasteiger partial charge in [-0.1, -0.05) is 19.3 Å². The van der Waals surface area contributed by atoms with E-state index in [-0.39, 0.29) is 17.5 Å². The molecule has 1 aromatic carbocycles. The summed E-state index contributed by atoms with van der Waals surface area (Å²) in [5.41, 5.74) is 0.629. The number of nitrogens with one attached hydrogen (secondary N) is 2. The molecule has 3 N–H and O–H groups in total. The summed E-state index contributed by atoms with van der Waals surface area (Å²) in [6, 6.07) is 3.68. The molecule has 1 aliphatic carbocycles. The molecule has 1 aliphatic rings. The van der Waals surface area contributed by atoms with E-state index in [1.807, 2.05) is 0 Å². The molecule has 4 rings (SSSR count). The lowest BCUT2D eigenvalue weighted by Crippen LogP contribution is -2.34. The Morgan fingerprint density at radius 3 is 2.70 bits per heavy atom. The Labute approximate surface area is 172 Å². The number of fused-ring (bicyclic) bond motifs is 1. The average molecular weight is 437 g/mol. The van der Waals surface area contributed by atoms with Gasteiger partial charge in [-0.15, -0.1) is 0 Å². The smallest absolute Gasteiger partial charge is 0.266 e. The van der Waals surface area contributed by atoms with E-state index >= 15 is 0 Å². The van der Waals surface area contributed by atoms with Gasteiger partial charge in [0.05, 0.1) is 11.8 Å². The summed E-state index contributed by atoms with van der Waals surface area (Å²) in [4.78, 5) is 3.38. The van der Waals surface area contributed by atoms with Crippen LogP contribution < -0.4 is 10.0 Å². The number of rotatable bonds is 6. The molecular formula is C19H21F2N5O3S. The molecule has 160 valence electrons. The molecule has 8 nitrogen and oxygen atoms in total. The van der Waals surface area contributed by atoms with E-state index in [2.05, 4.69) is 20.1 Å². The van der Waals surface area contributed by atoms with E-state index in [1.54, 1.807) is 0 Å². The minimum Gasteiger partial charge on any atom is -0.374 e. The number of anilines is 1. The van der Waals surface area contributed by atoms with Crippen LogP contribution in [0.2, 0.25) is 0 Å². The molecule has 3 aromatic rings. The summed E-state index contributed by atoms with van der Waals surface area (Å²) in [6.07, 6.45) is 7.20. The average Bonchev–Trinajstić information content (AvgIpc) is 3.13. The van der Waals surface area contributed by atoms with E-state index in [4.69, 9.17) is 0 Å². The Morgan fingerprint density at radius 1 is 1.17 bits per heavy atom. The van der Waals surface area contributed by atoms with Crippen molar-refractivity contribution in [1.82, 2.24) is 19.9 Å². The molecule has 1 fully saturated rings. The predicted molar refractivity (Wildman–Crippen MR) is 105 cm³/mol. The number of nitrogens with zero attached hydrogens (tertiary/aromatic N) is 3. The molecule has 2 heterocycles. The summed E-state index contributed by atoms with van der Waals surface area (Å²) >= 11 is 0. The molecule has 1 atom stereocenters. The number of aromatic nitrogens is 3. The molecule has 0 spiro atoms. The van der Waals surface area contributed by atoms with Crippen molar-refractivity contribution in [3.05, 3.63) is 53.9 Å². The second-order valence-corrected chi connectivity index (χ2v) is 8.92. The van der Waals surface area contributed by atoms with Crippen LogP contribution in [-0.2, 0) is 10.0 Å². The minimum absolute atomic E-state index is 0.113. The Morgan fingerprint density at radius 2 is 1.93 bits per heavy atom. The molecule has 1 unspecified atom stereocenters. The monoisotopic (exact) mass is 437 g/mol. The van der Waals surface area contributed by atoms with Crippen LogP contribution >= 0.6 is 0 Å². The summed E-state index contributed by atoms with van der Waals surface area (Å²) in [5.74, 6) is -2.07. The highest BCUT2D eigenvalue weighted by Crippen LogP contribution is 2.24. The largest absolute Gasteiger partial charge is 0.374 e. The molecule has 0 amide bonds. The van der Waals surface area contributed by atoms with Crippen molar-refractivity contribution in [2.45, 2.75) is 49.3 Å². The maximum atomic E-state index is 13.9. The van der Waals surface area contributed by atoms with E-state index in [1.165, 1.54) is 29.4 Å².